The van der Waals surface area contributed by atoms with E-state index in [0.29, 0.717) is 17.0 Å². The Morgan fingerprint density at radius 1 is 1.29 bits per heavy atom. The zero-order chi connectivity index (χ0) is 10.6. The van der Waals surface area contributed by atoms with Crippen molar-refractivity contribution in [3.63, 3.8) is 0 Å². The summed E-state index contributed by atoms with van der Waals surface area (Å²) in [7, 11) is 0. The van der Waals surface area contributed by atoms with Crippen LogP contribution in [0.25, 0.3) is 11.2 Å². The highest BCUT2D eigenvalue weighted by atomic mass is 15.0. The van der Waals surface area contributed by atoms with Gasteiger partial charge in [-0.1, -0.05) is 0 Å². The topological polar surface area (TPSA) is 156 Å². The van der Waals surface area contributed by atoms with Gasteiger partial charge in [0, 0.05) is 0 Å². The normalized spacial score (nSPS) is 9.14. The van der Waals surface area contributed by atoms with E-state index in [1.165, 1.54) is 12.7 Å². The Hall–Kier alpha value is -2.38. The van der Waals surface area contributed by atoms with Crippen LogP contribution in [0, 0.1) is 5.41 Å². The van der Waals surface area contributed by atoms with Crippen LogP contribution in [0.2, 0.25) is 0 Å². The molecule has 0 fully saturated rings. The first-order valence-electron chi connectivity index (χ1n) is 3.60. The molecule has 0 aromatic carbocycles. The Morgan fingerprint density at radius 3 is 2.50 bits per heavy atom. The second kappa shape index (κ2) is 4.03. The minimum Gasteiger partial charge on any atom is -0.382 e. The van der Waals surface area contributed by atoms with E-state index in [9.17, 15) is 0 Å². The number of H-pyrrole nitrogens is 1. The zero-order valence-corrected chi connectivity index (χ0v) is 7.23. The molecule has 0 aliphatic carbocycles. The molecule has 2 aromatic rings. The fourth-order valence-electron chi connectivity index (χ4n) is 0.784. The predicted octanol–water partition coefficient (Wildman–Crippen LogP) is -1.23. The molecule has 2 aromatic heterocycles. The van der Waals surface area contributed by atoms with Crippen LogP contribution in [0.15, 0.2) is 12.7 Å². The van der Waals surface area contributed by atoms with Gasteiger partial charge in [0.25, 0.3) is 0 Å². The minimum absolute atomic E-state index is 0.333. The maximum atomic E-state index is 6.06. The number of hydrogen-bond donors (Lipinski definition) is 5. The summed E-state index contributed by atoms with van der Waals surface area (Å²) in [5.74, 6) is 0.0995. The van der Waals surface area contributed by atoms with Crippen LogP contribution in [0.4, 0.5) is 5.82 Å². The van der Waals surface area contributed by atoms with Gasteiger partial charge in [-0.3, -0.25) is 5.41 Å². The van der Waals surface area contributed by atoms with E-state index in [2.05, 4.69) is 31.4 Å². The molecule has 2 heterocycles. The monoisotopic (exact) mass is 194 g/mol. The molecule has 14 heavy (non-hydrogen) atoms. The summed E-state index contributed by atoms with van der Waals surface area (Å²) >= 11 is 0. The number of nitrogens with two attached hydrogens (primary N) is 3. The molecule has 0 aliphatic rings. The van der Waals surface area contributed by atoms with E-state index in [0.717, 1.165) is 0 Å². The lowest BCUT2D eigenvalue weighted by Crippen LogP contribution is -2.20. The van der Waals surface area contributed by atoms with Crippen molar-refractivity contribution < 1.29 is 0 Å². The van der Waals surface area contributed by atoms with E-state index in [1.54, 1.807) is 0 Å². The van der Waals surface area contributed by atoms with E-state index >= 15 is 0 Å². The number of aromatic amines is 1. The van der Waals surface area contributed by atoms with Gasteiger partial charge in [0.2, 0.25) is 0 Å². The molecule has 0 amide bonds. The average molecular weight is 194 g/mol. The number of rotatable bonds is 0. The second-order valence-corrected chi connectivity index (χ2v) is 2.32. The molecule has 0 unspecified atom stereocenters. The molecule has 0 radical (unpaired) electrons. The number of guanidine groups is 1. The predicted molar refractivity (Wildman–Crippen MR) is 52.2 cm³/mol. The Bertz CT molecular complexity index is 428. The van der Waals surface area contributed by atoms with Crippen LogP contribution in [-0.4, -0.2) is 25.9 Å². The molecule has 2 rings (SSSR count). The van der Waals surface area contributed by atoms with Gasteiger partial charge in [0.05, 0.1) is 6.33 Å². The quantitative estimate of drug-likeness (QED) is 0.261. The Morgan fingerprint density at radius 2 is 1.93 bits per heavy atom. The largest absolute Gasteiger partial charge is 0.382 e. The molecule has 0 saturated heterocycles. The highest BCUT2D eigenvalue weighted by Gasteiger charge is 1.99. The van der Waals surface area contributed by atoms with Gasteiger partial charge < -0.3 is 22.2 Å². The summed E-state index contributed by atoms with van der Waals surface area (Å²) in [6.45, 7) is 0. The maximum absolute atomic E-state index is 6.06. The SMILES string of the molecule is N=C(N)N.Nc1ncnc2nc[nH]c12. The van der Waals surface area contributed by atoms with Crippen LogP contribution < -0.4 is 17.2 Å². The molecule has 0 bridgehead atoms. The Balaban J connectivity index is 0.000000213. The minimum atomic E-state index is -0.333. The van der Waals surface area contributed by atoms with Crippen molar-refractivity contribution in [3.05, 3.63) is 12.7 Å². The lowest BCUT2D eigenvalue weighted by molar-refractivity contribution is 1.21. The van der Waals surface area contributed by atoms with Crippen LogP contribution >= 0.6 is 0 Å². The molecular weight excluding hydrogens is 184 g/mol. The third-order valence-corrected chi connectivity index (χ3v) is 1.25. The highest BCUT2D eigenvalue weighted by molar-refractivity contribution is 5.80. The van der Waals surface area contributed by atoms with E-state index < -0.39 is 0 Å². The number of imidazole rings is 1. The van der Waals surface area contributed by atoms with Gasteiger partial charge in [-0.15, -0.1) is 0 Å². The first kappa shape index (κ1) is 9.71. The van der Waals surface area contributed by atoms with Crippen molar-refractivity contribution in [3.8, 4) is 0 Å². The third-order valence-electron chi connectivity index (χ3n) is 1.25. The fourth-order valence-corrected chi connectivity index (χ4v) is 0.784. The van der Waals surface area contributed by atoms with Gasteiger partial charge in [0.1, 0.15) is 11.8 Å². The van der Waals surface area contributed by atoms with Crippen LogP contribution in [0.3, 0.4) is 0 Å². The third kappa shape index (κ3) is 2.30. The summed E-state index contributed by atoms with van der Waals surface area (Å²) in [6, 6.07) is 0. The summed E-state index contributed by atoms with van der Waals surface area (Å²) in [6.07, 6.45) is 2.92. The molecule has 0 atom stereocenters. The molecule has 0 saturated carbocycles. The van der Waals surface area contributed by atoms with Crippen molar-refractivity contribution in [1.82, 2.24) is 19.9 Å². The molecule has 8 nitrogen and oxygen atoms in total. The maximum Gasteiger partial charge on any atom is 0.183 e. The standard InChI is InChI=1S/C5H5N5.CH5N3/c6-4-3-5(9-1-7-3)10-2-8-4;2-1(3)4/h1-2H,(H3,6,7,8,9,10);(H5,2,3,4). The lowest BCUT2D eigenvalue weighted by Gasteiger charge is -1.89. The molecule has 0 aliphatic heterocycles. The van der Waals surface area contributed by atoms with Crippen molar-refractivity contribution in [2.75, 3.05) is 5.73 Å². The van der Waals surface area contributed by atoms with Crippen molar-refractivity contribution in [2.45, 2.75) is 0 Å². The van der Waals surface area contributed by atoms with Crippen molar-refractivity contribution >= 4 is 22.9 Å². The zero-order valence-electron chi connectivity index (χ0n) is 7.23. The molecular formula is C6H10N8. The molecule has 8 heteroatoms. The van der Waals surface area contributed by atoms with Crippen LogP contribution in [0.1, 0.15) is 0 Å². The first-order valence-corrected chi connectivity index (χ1v) is 3.60. The van der Waals surface area contributed by atoms with Crippen LogP contribution in [-0.2, 0) is 0 Å². The van der Waals surface area contributed by atoms with Gasteiger partial charge in [-0.2, -0.15) is 0 Å². The fraction of sp³-hybridized carbons (Fsp3) is 0. The van der Waals surface area contributed by atoms with Gasteiger partial charge >= 0.3 is 0 Å². The number of fused-ring (bicyclic) bond motifs is 1. The number of nitrogen functional groups attached to an aromatic ring is 1. The molecule has 8 N–H and O–H groups in total. The van der Waals surface area contributed by atoms with Gasteiger partial charge in [-0.05, 0) is 0 Å². The van der Waals surface area contributed by atoms with Crippen molar-refractivity contribution in [1.29, 1.82) is 5.41 Å². The number of nitrogens with zero attached hydrogens (tertiary/aromatic N) is 3. The van der Waals surface area contributed by atoms with Gasteiger partial charge in [-0.25, -0.2) is 15.0 Å². The molecule has 0 spiro atoms. The summed E-state index contributed by atoms with van der Waals surface area (Å²) < 4.78 is 0. The number of nitrogens with one attached hydrogen (secondary N) is 2. The molecule has 74 valence electrons. The second-order valence-electron chi connectivity index (χ2n) is 2.32. The van der Waals surface area contributed by atoms with E-state index in [-0.39, 0.29) is 5.96 Å². The lowest BCUT2D eigenvalue weighted by atomic mass is 10.5. The summed E-state index contributed by atoms with van der Waals surface area (Å²) in [4.78, 5) is 14.4. The number of aromatic nitrogens is 4. The highest BCUT2D eigenvalue weighted by Crippen LogP contribution is 2.09. The van der Waals surface area contributed by atoms with Crippen LogP contribution in [0.5, 0.6) is 0 Å². The smallest absolute Gasteiger partial charge is 0.183 e. The van der Waals surface area contributed by atoms with E-state index in [1.807, 2.05) is 0 Å². The number of hydrogen-bond acceptors (Lipinski definition) is 5. The summed E-state index contributed by atoms with van der Waals surface area (Å²) in [5, 5.41) is 6.06. The van der Waals surface area contributed by atoms with Gasteiger partial charge in [0.15, 0.2) is 17.4 Å². The summed E-state index contributed by atoms with van der Waals surface area (Å²) in [5.41, 5.74) is 15.7. The Labute approximate surface area is 79.1 Å². The van der Waals surface area contributed by atoms with E-state index in [4.69, 9.17) is 11.1 Å². The average Bonchev–Trinajstić information content (AvgIpc) is 2.52. The Kier molecular flexibility index (Phi) is 2.79. The number of anilines is 1. The first-order chi connectivity index (χ1) is 6.61. The van der Waals surface area contributed by atoms with Crippen molar-refractivity contribution in [2.24, 2.45) is 11.5 Å².